The molecule has 0 radical (unpaired) electrons. The molecule has 1 aliphatic carbocycles. The van der Waals surface area contributed by atoms with E-state index >= 15 is 0 Å². The van der Waals surface area contributed by atoms with Crippen LogP contribution in [0.5, 0.6) is 5.75 Å². The number of methoxy groups -OCH3 is 1. The molecule has 1 fully saturated rings. The quantitative estimate of drug-likeness (QED) is 0.640. The summed E-state index contributed by atoms with van der Waals surface area (Å²) in [5.41, 5.74) is -0.136. The van der Waals surface area contributed by atoms with Crippen molar-refractivity contribution in [1.29, 1.82) is 0 Å². The fraction of sp³-hybridized carbons (Fsp3) is 0.538. The lowest BCUT2D eigenvalue weighted by atomic mass is 10.1. The molecule has 6 nitrogen and oxygen atoms in total. The summed E-state index contributed by atoms with van der Waals surface area (Å²) in [6.07, 6.45) is 2.19. The number of hydrogen-bond acceptors (Lipinski definition) is 5. The van der Waals surface area contributed by atoms with Crippen LogP contribution >= 0.6 is 0 Å². The van der Waals surface area contributed by atoms with Crippen LogP contribution in [-0.2, 0) is 0 Å². The average Bonchev–Trinajstić information content (AvgIpc) is 2.82. The fourth-order valence-electron chi connectivity index (χ4n) is 2.49. The van der Waals surface area contributed by atoms with Gasteiger partial charge in [0, 0.05) is 18.5 Å². The zero-order valence-corrected chi connectivity index (χ0v) is 11.1. The number of hydrogen-bond donors (Lipinski definition) is 2. The maximum Gasteiger partial charge on any atom is 0.295 e. The van der Waals surface area contributed by atoms with Crippen molar-refractivity contribution in [3.63, 3.8) is 0 Å². The van der Waals surface area contributed by atoms with Crippen LogP contribution < -0.4 is 10.1 Å². The summed E-state index contributed by atoms with van der Waals surface area (Å²) in [6, 6.07) is 2.11. The van der Waals surface area contributed by atoms with E-state index in [1.165, 1.54) is 13.2 Å². The van der Waals surface area contributed by atoms with Gasteiger partial charge in [0.1, 0.15) is 5.69 Å². The predicted octanol–water partition coefficient (Wildman–Crippen LogP) is 2.32. The lowest BCUT2D eigenvalue weighted by Gasteiger charge is -2.16. The smallest absolute Gasteiger partial charge is 0.295 e. The Morgan fingerprint density at radius 3 is 2.85 bits per heavy atom. The molecule has 1 saturated carbocycles. The number of aliphatic hydroxyl groups is 1. The highest BCUT2D eigenvalue weighted by atomic mass is 19.1. The van der Waals surface area contributed by atoms with E-state index in [9.17, 15) is 19.6 Å². The van der Waals surface area contributed by atoms with Gasteiger partial charge in [0.2, 0.25) is 0 Å². The summed E-state index contributed by atoms with van der Waals surface area (Å²) in [7, 11) is 1.30. The van der Waals surface area contributed by atoms with Gasteiger partial charge < -0.3 is 15.2 Å². The Balaban J connectivity index is 2.18. The first-order chi connectivity index (χ1) is 9.52. The van der Waals surface area contributed by atoms with E-state index in [0.29, 0.717) is 6.54 Å². The van der Waals surface area contributed by atoms with Crippen molar-refractivity contribution < 1.29 is 19.2 Å². The molecule has 0 spiro atoms. The van der Waals surface area contributed by atoms with Gasteiger partial charge in [0.15, 0.2) is 11.6 Å². The SMILES string of the molecule is COc1cc(NC[C@@H]2CCC[C@H]2O)c([N+](=O)[O-])cc1F. The predicted molar refractivity (Wildman–Crippen MR) is 71.4 cm³/mol. The third-order valence-electron chi connectivity index (χ3n) is 3.64. The first-order valence-electron chi connectivity index (χ1n) is 6.46. The lowest BCUT2D eigenvalue weighted by Crippen LogP contribution is -2.22. The molecule has 0 aromatic heterocycles. The van der Waals surface area contributed by atoms with E-state index in [-0.39, 0.29) is 29.1 Å². The molecule has 1 aromatic rings. The van der Waals surface area contributed by atoms with Gasteiger partial charge in [-0.25, -0.2) is 4.39 Å². The molecule has 2 atom stereocenters. The number of aliphatic hydroxyl groups excluding tert-OH is 1. The van der Waals surface area contributed by atoms with Gasteiger partial charge in [-0.05, 0) is 12.8 Å². The molecule has 0 saturated heterocycles. The number of benzene rings is 1. The first kappa shape index (κ1) is 14.5. The molecule has 0 unspecified atom stereocenters. The Morgan fingerprint density at radius 1 is 1.55 bits per heavy atom. The summed E-state index contributed by atoms with van der Waals surface area (Å²) < 4.78 is 18.3. The van der Waals surface area contributed by atoms with Gasteiger partial charge in [-0.2, -0.15) is 0 Å². The monoisotopic (exact) mass is 284 g/mol. The second-order valence-electron chi connectivity index (χ2n) is 4.90. The van der Waals surface area contributed by atoms with Crippen LogP contribution in [0.25, 0.3) is 0 Å². The van der Waals surface area contributed by atoms with Crippen molar-refractivity contribution in [3.05, 3.63) is 28.1 Å². The van der Waals surface area contributed by atoms with Gasteiger partial charge in [0.25, 0.3) is 5.69 Å². The van der Waals surface area contributed by atoms with Gasteiger partial charge in [-0.3, -0.25) is 10.1 Å². The van der Waals surface area contributed by atoms with Crippen molar-refractivity contribution in [2.24, 2.45) is 5.92 Å². The van der Waals surface area contributed by atoms with Crippen LogP contribution in [0.4, 0.5) is 15.8 Å². The second kappa shape index (κ2) is 6.04. The first-order valence-corrected chi connectivity index (χ1v) is 6.46. The van der Waals surface area contributed by atoms with E-state index in [0.717, 1.165) is 25.3 Å². The van der Waals surface area contributed by atoms with Crippen LogP contribution in [0.15, 0.2) is 12.1 Å². The molecule has 2 N–H and O–H groups in total. The molecular weight excluding hydrogens is 267 g/mol. The summed E-state index contributed by atoms with van der Waals surface area (Å²) in [5.74, 6) is -0.763. The minimum Gasteiger partial charge on any atom is -0.494 e. The Labute approximate surface area is 115 Å². The minimum atomic E-state index is -0.773. The molecule has 2 rings (SSSR count). The Bertz CT molecular complexity index is 509. The number of nitro groups is 1. The van der Waals surface area contributed by atoms with Gasteiger partial charge >= 0.3 is 0 Å². The van der Waals surface area contributed by atoms with Gasteiger partial charge in [0.05, 0.1) is 24.2 Å². The summed E-state index contributed by atoms with van der Waals surface area (Å²) >= 11 is 0. The number of halogens is 1. The maximum atomic E-state index is 13.5. The van der Waals surface area contributed by atoms with Crippen molar-refractivity contribution in [2.45, 2.75) is 25.4 Å². The number of nitrogens with one attached hydrogen (secondary N) is 1. The largest absolute Gasteiger partial charge is 0.494 e. The summed E-state index contributed by atoms with van der Waals surface area (Å²) in [4.78, 5) is 10.3. The topological polar surface area (TPSA) is 84.6 Å². The third kappa shape index (κ3) is 2.98. The molecule has 1 aliphatic rings. The molecule has 0 bridgehead atoms. The van der Waals surface area contributed by atoms with E-state index < -0.39 is 10.7 Å². The standard InChI is InChI=1S/C13H17FN2O4/c1-20-13-6-10(11(16(18)19)5-9(13)14)15-7-8-3-2-4-12(8)17/h5-6,8,12,15,17H,2-4,7H2,1H3/t8-,12+/m0/s1. The molecule has 0 amide bonds. The number of nitro benzene ring substituents is 1. The van der Waals surface area contributed by atoms with Crippen LogP contribution in [0, 0.1) is 21.8 Å². The highest BCUT2D eigenvalue weighted by molar-refractivity contribution is 5.64. The van der Waals surface area contributed by atoms with Crippen LogP contribution in [0.1, 0.15) is 19.3 Å². The van der Waals surface area contributed by atoms with Crippen LogP contribution in [0.2, 0.25) is 0 Å². The van der Waals surface area contributed by atoms with Crippen molar-refractivity contribution in [1.82, 2.24) is 0 Å². The molecular formula is C13H17FN2O4. The van der Waals surface area contributed by atoms with Gasteiger partial charge in [-0.1, -0.05) is 6.42 Å². The number of anilines is 1. The highest BCUT2D eigenvalue weighted by Crippen LogP contribution is 2.33. The Hall–Kier alpha value is -1.89. The molecule has 0 heterocycles. The Morgan fingerprint density at radius 2 is 2.30 bits per heavy atom. The number of rotatable bonds is 5. The molecule has 7 heteroatoms. The molecule has 0 aliphatic heterocycles. The van der Waals surface area contributed by atoms with Crippen molar-refractivity contribution in [2.75, 3.05) is 19.0 Å². The van der Waals surface area contributed by atoms with E-state index in [4.69, 9.17) is 4.74 Å². The average molecular weight is 284 g/mol. The van der Waals surface area contributed by atoms with Crippen LogP contribution in [0.3, 0.4) is 0 Å². The summed E-state index contributed by atoms with van der Waals surface area (Å²) in [6.45, 7) is 0.413. The van der Waals surface area contributed by atoms with E-state index in [1.807, 2.05) is 0 Å². The normalized spacial score (nSPS) is 21.8. The minimum absolute atomic E-state index is 0.0509. The zero-order chi connectivity index (χ0) is 14.7. The number of ether oxygens (including phenoxy) is 1. The van der Waals surface area contributed by atoms with Crippen LogP contribution in [-0.4, -0.2) is 29.8 Å². The highest BCUT2D eigenvalue weighted by Gasteiger charge is 2.26. The maximum absolute atomic E-state index is 13.5. The molecule has 110 valence electrons. The van der Waals surface area contributed by atoms with Crippen molar-refractivity contribution >= 4 is 11.4 Å². The zero-order valence-electron chi connectivity index (χ0n) is 11.1. The summed E-state index contributed by atoms with van der Waals surface area (Å²) in [5, 5.41) is 23.6. The molecule has 1 aromatic carbocycles. The van der Waals surface area contributed by atoms with Gasteiger partial charge in [-0.15, -0.1) is 0 Å². The molecule has 20 heavy (non-hydrogen) atoms. The number of nitrogens with zero attached hydrogens (tertiary/aromatic N) is 1. The lowest BCUT2D eigenvalue weighted by molar-refractivity contribution is -0.384. The Kier molecular flexibility index (Phi) is 4.39. The van der Waals surface area contributed by atoms with Crippen molar-refractivity contribution in [3.8, 4) is 5.75 Å². The second-order valence-corrected chi connectivity index (χ2v) is 4.90. The van der Waals surface area contributed by atoms with E-state index in [2.05, 4.69) is 5.32 Å². The van der Waals surface area contributed by atoms with E-state index in [1.54, 1.807) is 0 Å². The third-order valence-corrected chi connectivity index (χ3v) is 3.64. The fourth-order valence-corrected chi connectivity index (χ4v) is 2.49.